The Bertz CT molecular complexity index is 732. The van der Waals surface area contributed by atoms with Crippen LogP contribution in [0.2, 0.25) is 0 Å². The van der Waals surface area contributed by atoms with Gasteiger partial charge in [-0.15, -0.1) is 0 Å². The number of nitrogens with one attached hydrogen (secondary N) is 1. The lowest BCUT2D eigenvalue weighted by atomic mass is 10.2. The molecule has 0 fully saturated rings. The first-order valence-corrected chi connectivity index (χ1v) is 5.62. The maximum atomic E-state index is 9.80. The summed E-state index contributed by atoms with van der Waals surface area (Å²) in [4.78, 5) is 7.58. The highest BCUT2D eigenvalue weighted by atomic mass is 16.3. The zero-order valence-corrected chi connectivity index (χ0v) is 9.81. The molecule has 18 heavy (non-hydrogen) atoms. The number of phenolic OH excluding ortho intramolecular Hbond substituents is 2. The fourth-order valence-corrected chi connectivity index (χ4v) is 1.97. The Kier molecular flexibility index (Phi) is 2.23. The molecule has 0 aliphatic rings. The molecule has 0 spiro atoms. The maximum absolute atomic E-state index is 9.80. The van der Waals surface area contributed by atoms with Gasteiger partial charge in [0.2, 0.25) is 0 Å². The van der Waals surface area contributed by atoms with Crippen molar-refractivity contribution in [3.05, 3.63) is 42.0 Å². The van der Waals surface area contributed by atoms with Crippen LogP contribution in [0, 0.1) is 6.92 Å². The zero-order valence-electron chi connectivity index (χ0n) is 9.81. The van der Waals surface area contributed by atoms with Crippen molar-refractivity contribution in [1.29, 1.82) is 0 Å². The molecular formula is C14H12N2O2. The fraction of sp³-hybridized carbons (Fsp3) is 0.0714. The largest absolute Gasteiger partial charge is 0.508 e. The van der Waals surface area contributed by atoms with Crippen LogP contribution in [-0.2, 0) is 0 Å². The van der Waals surface area contributed by atoms with Gasteiger partial charge in [0.15, 0.2) is 0 Å². The van der Waals surface area contributed by atoms with Crippen LogP contribution < -0.4 is 0 Å². The number of nitrogens with zero attached hydrogens (tertiary/aromatic N) is 1. The van der Waals surface area contributed by atoms with Crippen molar-refractivity contribution in [2.45, 2.75) is 6.92 Å². The monoisotopic (exact) mass is 240 g/mol. The van der Waals surface area contributed by atoms with Crippen molar-refractivity contribution in [2.24, 2.45) is 0 Å². The first-order chi connectivity index (χ1) is 8.63. The van der Waals surface area contributed by atoms with Gasteiger partial charge < -0.3 is 15.2 Å². The van der Waals surface area contributed by atoms with E-state index in [-0.39, 0.29) is 11.5 Å². The van der Waals surface area contributed by atoms with Gasteiger partial charge in [0.25, 0.3) is 0 Å². The van der Waals surface area contributed by atoms with Gasteiger partial charge in [0.05, 0.1) is 16.6 Å². The molecular weight excluding hydrogens is 228 g/mol. The lowest BCUT2D eigenvalue weighted by Gasteiger charge is -2.01. The summed E-state index contributed by atoms with van der Waals surface area (Å²) >= 11 is 0. The Hall–Kier alpha value is -2.49. The molecule has 3 N–H and O–H groups in total. The van der Waals surface area contributed by atoms with E-state index in [9.17, 15) is 10.2 Å². The lowest BCUT2D eigenvalue weighted by Crippen LogP contribution is -1.81. The topological polar surface area (TPSA) is 69.1 Å². The molecule has 0 unspecified atom stereocenters. The molecule has 90 valence electrons. The normalized spacial score (nSPS) is 10.9. The highest BCUT2D eigenvalue weighted by Gasteiger charge is 2.10. The van der Waals surface area contributed by atoms with Gasteiger partial charge in [-0.2, -0.15) is 0 Å². The molecule has 2 aromatic carbocycles. The number of hydrogen-bond donors (Lipinski definition) is 3. The maximum Gasteiger partial charge on any atom is 0.142 e. The van der Waals surface area contributed by atoms with Crippen molar-refractivity contribution in [1.82, 2.24) is 9.97 Å². The minimum atomic E-state index is 0.00535. The molecule has 1 heterocycles. The van der Waals surface area contributed by atoms with Gasteiger partial charge in [0.1, 0.15) is 17.3 Å². The number of H-pyrrole nitrogens is 1. The van der Waals surface area contributed by atoms with Crippen LogP contribution in [0.15, 0.2) is 36.4 Å². The van der Waals surface area contributed by atoms with E-state index in [0.29, 0.717) is 11.4 Å². The SMILES string of the molecule is Cc1ccc2nc(-c3ccc(O)cc3O)[nH]c2c1. The van der Waals surface area contributed by atoms with E-state index >= 15 is 0 Å². The Balaban J connectivity index is 2.19. The highest BCUT2D eigenvalue weighted by Crippen LogP contribution is 2.31. The van der Waals surface area contributed by atoms with Crippen molar-refractivity contribution in [3.8, 4) is 22.9 Å². The fourth-order valence-electron chi connectivity index (χ4n) is 1.97. The zero-order chi connectivity index (χ0) is 12.7. The third kappa shape index (κ3) is 1.68. The number of aromatic nitrogens is 2. The van der Waals surface area contributed by atoms with Gasteiger partial charge in [-0.25, -0.2) is 4.98 Å². The van der Waals surface area contributed by atoms with Gasteiger partial charge in [-0.3, -0.25) is 0 Å². The van der Waals surface area contributed by atoms with Crippen molar-refractivity contribution in [2.75, 3.05) is 0 Å². The summed E-state index contributed by atoms with van der Waals surface area (Å²) in [6, 6.07) is 10.4. The van der Waals surface area contributed by atoms with Gasteiger partial charge in [-0.05, 0) is 36.8 Å². The third-order valence-electron chi connectivity index (χ3n) is 2.87. The summed E-state index contributed by atoms with van der Waals surface area (Å²) in [5, 5.41) is 19.1. The Morgan fingerprint density at radius 2 is 1.89 bits per heavy atom. The number of rotatable bonds is 1. The van der Waals surface area contributed by atoms with Crippen LogP contribution in [0.1, 0.15) is 5.56 Å². The Labute approximate surface area is 104 Å². The van der Waals surface area contributed by atoms with E-state index in [0.717, 1.165) is 16.6 Å². The number of aryl methyl sites for hydroxylation is 1. The van der Waals surface area contributed by atoms with Crippen LogP contribution >= 0.6 is 0 Å². The van der Waals surface area contributed by atoms with Gasteiger partial charge in [0, 0.05) is 6.07 Å². The number of benzene rings is 2. The molecule has 0 atom stereocenters. The quantitative estimate of drug-likeness (QED) is 0.612. The molecule has 0 aliphatic heterocycles. The Morgan fingerprint density at radius 3 is 2.67 bits per heavy atom. The molecule has 0 saturated carbocycles. The number of imidazole rings is 1. The van der Waals surface area contributed by atoms with Crippen LogP contribution in [0.4, 0.5) is 0 Å². The molecule has 4 heteroatoms. The van der Waals surface area contributed by atoms with Crippen molar-refractivity contribution < 1.29 is 10.2 Å². The first kappa shape index (κ1) is 10.7. The van der Waals surface area contributed by atoms with Gasteiger partial charge >= 0.3 is 0 Å². The average Bonchev–Trinajstić information content (AvgIpc) is 2.71. The highest BCUT2D eigenvalue weighted by molar-refractivity contribution is 5.81. The summed E-state index contributed by atoms with van der Waals surface area (Å²) in [5.41, 5.74) is 3.50. The van der Waals surface area contributed by atoms with Crippen molar-refractivity contribution >= 4 is 11.0 Å². The van der Waals surface area contributed by atoms with Crippen LogP contribution in [0.5, 0.6) is 11.5 Å². The van der Waals surface area contributed by atoms with E-state index in [1.54, 1.807) is 6.07 Å². The van der Waals surface area contributed by atoms with E-state index in [2.05, 4.69) is 9.97 Å². The minimum absolute atomic E-state index is 0.00535. The molecule has 0 saturated heterocycles. The molecule has 3 rings (SSSR count). The molecule has 0 amide bonds. The lowest BCUT2D eigenvalue weighted by molar-refractivity contribution is 0.451. The summed E-state index contributed by atoms with van der Waals surface area (Å²) in [6.45, 7) is 2.01. The minimum Gasteiger partial charge on any atom is -0.508 e. The van der Waals surface area contributed by atoms with E-state index < -0.39 is 0 Å². The van der Waals surface area contributed by atoms with Crippen LogP contribution in [0.3, 0.4) is 0 Å². The Morgan fingerprint density at radius 1 is 1.06 bits per heavy atom. The average molecular weight is 240 g/mol. The second-order valence-corrected chi connectivity index (χ2v) is 4.31. The summed E-state index contributed by atoms with van der Waals surface area (Å²) < 4.78 is 0. The number of fused-ring (bicyclic) bond motifs is 1. The van der Waals surface area contributed by atoms with Gasteiger partial charge in [-0.1, -0.05) is 6.07 Å². The predicted octanol–water partition coefficient (Wildman–Crippen LogP) is 2.95. The number of phenols is 2. The first-order valence-electron chi connectivity index (χ1n) is 5.62. The second-order valence-electron chi connectivity index (χ2n) is 4.31. The van der Waals surface area contributed by atoms with Crippen LogP contribution in [0.25, 0.3) is 22.4 Å². The smallest absolute Gasteiger partial charge is 0.142 e. The number of hydrogen-bond acceptors (Lipinski definition) is 3. The van der Waals surface area contributed by atoms with Crippen molar-refractivity contribution in [3.63, 3.8) is 0 Å². The second kappa shape index (κ2) is 3.77. The molecule has 0 bridgehead atoms. The molecule has 0 radical (unpaired) electrons. The predicted molar refractivity (Wildman–Crippen MR) is 69.6 cm³/mol. The summed E-state index contributed by atoms with van der Waals surface area (Å²) in [6.07, 6.45) is 0. The standard InChI is InChI=1S/C14H12N2O2/c1-8-2-5-11-12(6-8)16-14(15-11)10-4-3-9(17)7-13(10)18/h2-7,17-18H,1H3,(H,15,16). The van der Waals surface area contributed by atoms with E-state index in [1.165, 1.54) is 12.1 Å². The van der Waals surface area contributed by atoms with E-state index in [1.807, 2.05) is 25.1 Å². The number of aromatic amines is 1. The molecule has 3 aromatic rings. The van der Waals surface area contributed by atoms with E-state index in [4.69, 9.17) is 0 Å². The van der Waals surface area contributed by atoms with Crippen LogP contribution in [-0.4, -0.2) is 20.2 Å². The summed E-state index contributed by atoms with van der Waals surface area (Å²) in [5.74, 6) is 0.627. The molecule has 4 nitrogen and oxygen atoms in total. The molecule has 0 aliphatic carbocycles. The number of aromatic hydroxyl groups is 2. The molecule has 1 aromatic heterocycles. The third-order valence-corrected chi connectivity index (χ3v) is 2.87. The summed E-state index contributed by atoms with van der Waals surface area (Å²) in [7, 11) is 0.